The molecule has 0 aromatic rings. The van der Waals surface area contributed by atoms with E-state index in [0.29, 0.717) is 18.9 Å². The van der Waals surface area contributed by atoms with Gasteiger partial charge >= 0.3 is 5.97 Å². The van der Waals surface area contributed by atoms with Gasteiger partial charge < -0.3 is 15.7 Å². The molecule has 0 aliphatic heterocycles. The first-order chi connectivity index (χ1) is 7.99. The summed E-state index contributed by atoms with van der Waals surface area (Å²) >= 11 is 0. The molecule has 1 rings (SSSR count). The Bertz CT molecular complexity index is 252. The molecule has 4 nitrogen and oxygen atoms in total. The number of carboxylic acids is 1. The average Bonchev–Trinajstić information content (AvgIpc) is 2.81. The fourth-order valence-electron chi connectivity index (χ4n) is 2.61. The number of hydrogen-bond acceptors (Lipinski definition) is 3. The molecule has 0 aromatic heterocycles. The molecule has 0 bridgehead atoms. The monoisotopic (exact) mass is 242 g/mol. The molecule has 0 heterocycles. The van der Waals surface area contributed by atoms with Crippen LogP contribution in [0, 0.1) is 0 Å². The van der Waals surface area contributed by atoms with Crippen molar-refractivity contribution in [1.82, 2.24) is 4.90 Å². The van der Waals surface area contributed by atoms with Crippen molar-refractivity contribution in [1.29, 1.82) is 0 Å². The quantitative estimate of drug-likeness (QED) is 0.715. The third kappa shape index (κ3) is 3.96. The van der Waals surface area contributed by atoms with Crippen LogP contribution in [0.4, 0.5) is 0 Å². The Balaban J connectivity index is 2.28. The van der Waals surface area contributed by atoms with Crippen molar-refractivity contribution in [2.75, 3.05) is 13.6 Å². The molecule has 0 radical (unpaired) electrons. The lowest BCUT2D eigenvalue weighted by Crippen LogP contribution is -2.47. The number of rotatable bonds is 7. The van der Waals surface area contributed by atoms with Gasteiger partial charge in [-0.25, -0.2) is 0 Å². The second kappa shape index (κ2) is 6.36. The Morgan fingerprint density at radius 3 is 2.53 bits per heavy atom. The van der Waals surface area contributed by atoms with Crippen LogP contribution in [0.25, 0.3) is 0 Å². The van der Waals surface area contributed by atoms with E-state index in [-0.39, 0.29) is 0 Å². The van der Waals surface area contributed by atoms with Gasteiger partial charge in [0.15, 0.2) is 0 Å². The summed E-state index contributed by atoms with van der Waals surface area (Å²) in [5.41, 5.74) is 4.83. The number of carbonyl (C=O) groups is 1. The van der Waals surface area contributed by atoms with E-state index in [9.17, 15) is 4.79 Å². The topological polar surface area (TPSA) is 66.6 Å². The van der Waals surface area contributed by atoms with Crippen LogP contribution in [0.3, 0.4) is 0 Å². The highest BCUT2D eigenvalue weighted by Gasteiger charge is 2.31. The van der Waals surface area contributed by atoms with Crippen molar-refractivity contribution in [3.05, 3.63) is 0 Å². The maximum absolute atomic E-state index is 11.0. The van der Waals surface area contributed by atoms with Crippen LogP contribution in [0.1, 0.15) is 51.9 Å². The van der Waals surface area contributed by atoms with E-state index in [4.69, 9.17) is 10.8 Å². The van der Waals surface area contributed by atoms with Crippen LogP contribution in [0.2, 0.25) is 0 Å². The molecule has 0 spiro atoms. The van der Waals surface area contributed by atoms with Gasteiger partial charge in [-0.05, 0) is 45.7 Å². The van der Waals surface area contributed by atoms with Crippen LogP contribution in [-0.2, 0) is 4.79 Å². The Hall–Kier alpha value is -0.610. The van der Waals surface area contributed by atoms with Gasteiger partial charge in [-0.1, -0.05) is 19.8 Å². The minimum atomic E-state index is -1.03. The van der Waals surface area contributed by atoms with Crippen molar-refractivity contribution in [2.24, 2.45) is 5.73 Å². The Morgan fingerprint density at radius 2 is 2.06 bits per heavy atom. The summed E-state index contributed by atoms with van der Waals surface area (Å²) in [6.07, 6.45) is 7.17. The van der Waals surface area contributed by atoms with Crippen LogP contribution in [0.5, 0.6) is 0 Å². The molecule has 1 fully saturated rings. The van der Waals surface area contributed by atoms with Gasteiger partial charge in [-0.3, -0.25) is 4.79 Å². The lowest BCUT2D eigenvalue weighted by Gasteiger charge is -2.27. The van der Waals surface area contributed by atoms with E-state index in [1.54, 1.807) is 0 Å². The Labute approximate surface area is 104 Å². The zero-order valence-corrected chi connectivity index (χ0v) is 11.1. The molecular formula is C13H26N2O2. The summed E-state index contributed by atoms with van der Waals surface area (Å²) in [4.78, 5) is 13.4. The largest absolute Gasteiger partial charge is 0.480 e. The van der Waals surface area contributed by atoms with Gasteiger partial charge in [0.2, 0.25) is 0 Å². The number of nitrogens with two attached hydrogens (primary N) is 1. The summed E-state index contributed by atoms with van der Waals surface area (Å²) in [6.45, 7) is 2.80. The molecule has 1 atom stereocenters. The molecule has 0 aromatic carbocycles. The SMILES string of the molecule is CCC(N)(CCCN(C)C1CCCC1)C(=O)O. The van der Waals surface area contributed by atoms with Gasteiger partial charge in [0.05, 0.1) is 0 Å². The maximum Gasteiger partial charge on any atom is 0.323 e. The number of hydrogen-bond donors (Lipinski definition) is 2. The summed E-state index contributed by atoms with van der Waals surface area (Å²) in [7, 11) is 2.14. The van der Waals surface area contributed by atoms with Crippen molar-refractivity contribution < 1.29 is 9.90 Å². The van der Waals surface area contributed by atoms with E-state index in [0.717, 1.165) is 13.0 Å². The third-order valence-electron chi connectivity index (χ3n) is 4.14. The minimum Gasteiger partial charge on any atom is -0.480 e. The number of aliphatic carboxylic acids is 1. The molecule has 1 unspecified atom stereocenters. The lowest BCUT2D eigenvalue weighted by atomic mass is 9.91. The van der Waals surface area contributed by atoms with E-state index in [1.807, 2.05) is 6.92 Å². The van der Waals surface area contributed by atoms with Crippen molar-refractivity contribution in [3.63, 3.8) is 0 Å². The van der Waals surface area contributed by atoms with E-state index in [2.05, 4.69) is 11.9 Å². The van der Waals surface area contributed by atoms with Gasteiger partial charge in [0, 0.05) is 6.04 Å². The van der Waals surface area contributed by atoms with E-state index >= 15 is 0 Å². The van der Waals surface area contributed by atoms with Crippen LogP contribution < -0.4 is 5.73 Å². The van der Waals surface area contributed by atoms with Crippen LogP contribution in [-0.4, -0.2) is 41.1 Å². The second-order valence-electron chi connectivity index (χ2n) is 5.34. The zero-order valence-electron chi connectivity index (χ0n) is 11.1. The molecule has 17 heavy (non-hydrogen) atoms. The number of nitrogens with zero attached hydrogens (tertiary/aromatic N) is 1. The lowest BCUT2D eigenvalue weighted by molar-refractivity contribution is -0.143. The highest BCUT2D eigenvalue weighted by molar-refractivity contribution is 5.78. The molecule has 3 N–H and O–H groups in total. The second-order valence-corrected chi connectivity index (χ2v) is 5.34. The van der Waals surface area contributed by atoms with Crippen molar-refractivity contribution in [3.8, 4) is 0 Å². The average molecular weight is 242 g/mol. The molecule has 100 valence electrons. The van der Waals surface area contributed by atoms with E-state index in [1.165, 1.54) is 25.7 Å². The van der Waals surface area contributed by atoms with Gasteiger partial charge in [-0.2, -0.15) is 0 Å². The molecule has 1 saturated carbocycles. The van der Waals surface area contributed by atoms with Crippen LogP contribution in [0.15, 0.2) is 0 Å². The zero-order chi connectivity index (χ0) is 12.9. The smallest absolute Gasteiger partial charge is 0.323 e. The number of carboxylic acid groups (broad SMARTS) is 1. The first-order valence-electron chi connectivity index (χ1n) is 6.72. The summed E-state index contributed by atoms with van der Waals surface area (Å²) in [6, 6.07) is 0.702. The minimum absolute atomic E-state index is 0.496. The predicted molar refractivity (Wildman–Crippen MR) is 69.0 cm³/mol. The third-order valence-corrected chi connectivity index (χ3v) is 4.14. The summed E-state index contributed by atoms with van der Waals surface area (Å²) in [5.74, 6) is -0.872. The first kappa shape index (κ1) is 14.5. The summed E-state index contributed by atoms with van der Waals surface area (Å²) < 4.78 is 0. The Morgan fingerprint density at radius 1 is 1.47 bits per heavy atom. The van der Waals surface area contributed by atoms with E-state index < -0.39 is 11.5 Å². The predicted octanol–water partition coefficient (Wildman–Crippen LogP) is 1.83. The van der Waals surface area contributed by atoms with Gasteiger partial charge in [0.25, 0.3) is 0 Å². The molecule has 0 amide bonds. The van der Waals surface area contributed by atoms with Crippen molar-refractivity contribution in [2.45, 2.75) is 63.5 Å². The fraction of sp³-hybridized carbons (Fsp3) is 0.923. The van der Waals surface area contributed by atoms with Gasteiger partial charge in [0.1, 0.15) is 5.54 Å². The molecule has 1 aliphatic carbocycles. The first-order valence-corrected chi connectivity index (χ1v) is 6.72. The van der Waals surface area contributed by atoms with Crippen molar-refractivity contribution >= 4 is 5.97 Å². The fourth-order valence-corrected chi connectivity index (χ4v) is 2.61. The molecule has 4 heteroatoms. The normalized spacial score (nSPS) is 20.7. The Kier molecular flexibility index (Phi) is 5.40. The highest BCUT2D eigenvalue weighted by atomic mass is 16.4. The summed E-state index contributed by atoms with van der Waals surface area (Å²) in [5, 5.41) is 9.07. The van der Waals surface area contributed by atoms with Gasteiger partial charge in [-0.15, -0.1) is 0 Å². The molecular weight excluding hydrogens is 216 g/mol. The highest BCUT2D eigenvalue weighted by Crippen LogP contribution is 2.23. The molecule has 1 aliphatic rings. The standard InChI is InChI=1S/C13H26N2O2/c1-3-13(14,12(16)17)9-6-10-15(2)11-7-4-5-8-11/h11H,3-10,14H2,1-2H3,(H,16,17). The molecule has 0 saturated heterocycles. The van der Waals surface area contributed by atoms with Crippen LogP contribution >= 0.6 is 0 Å². The maximum atomic E-state index is 11.0.